The van der Waals surface area contributed by atoms with Gasteiger partial charge in [-0.15, -0.1) is 11.3 Å². The maximum atomic E-state index is 6.67. The quantitative estimate of drug-likeness (QED) is 0.532. The molecule has 1 atom stereocenters. The minimum Gasteiger partial charge on any atom is -0.466 e. The van der Waals surface area contributed by atoms with Crippen LogP contribution in [0.5, 0.6) is 5.75 Å². The van der Waals surface area contributed by atoms with Crippen LogP contribution in [0.1, 0.15) is 60.4 Å². The van der Waals surface area contributed by atoms with Gasteiger partial charge in [0, 0.05) is 34.2 Å². The molecule has 2 aliphatic heterocycles. The second-order valence-electron chi connectivity index (χ2n) is 7.93. The van der Waals surface area contributed by atoms with Crippen molar-refractivity contribution in [3.05, 3.63) is 50.1 Å². The fraction of sp³-hybridized carbons (Fsp3) is 0.476. The zero-order chi connectivity index (χ0) is 17.9. The molecule has 2 aromatic rings. The molecule has 3 nitrogen and oxygen atoms in total. The van der Waals surface area contributed by atoms with Gasteiger partial charge in [0.15, 0.2) is 5.72 Å². The lowest BCUT2D eigenvalue weighted by Gasteiger charge is -2.50. The number of ether oxygens (including phenoxy) is 1. The molecule has 1 aromatic heterocycles. The third kappa shape index (κ3) is 2.63. The van der Waals surface area contributed by atoms with E-state index in [4.69, 9.17) is 9.84 Å². The van der Waals surface area contributed by atoms with Gasteiger partial charge in [0.2, 0.25) is 0 Å². The van der Waals surface area contributed by atoms with Gasteiger partial charge >= 0.3 is 0 Å². The van der Waals surface area contributed by atoms with E-state index in [0.29, 0.717) is 0 Å². The van der Waals surface area contributed by atoms with Gasteiger partial charge < -0.3 is 4.74 Å². The molecule has 1 aromatic carbocycles. The molecular weight excluding hydrogens is 408 g/mol. The van der Waals surface area contributed by atoms with Crippen molar-refractivity contribution in [1.82, 2.24) is 5.01 Å². The SMILES string of the molecule is Cc1ccc(C2=NN3[C@H](C2)c2cc(Br)ccc2OC32CCC(C)CC2)s1. The molecule has 5 heteroatoms. The number of thiophene rings is 1. The number of halogens is 1. The second-order valence-corrected chi connectivity index (χ2v) is 10.1. The van der Waals surface area contributed by atoms with Crippen LogP contribution in [0.4, 0.5) is 0 Å². The van der Waals surface area contributed by atoms with Crippen LogP contribution in [-0.2, 0) is 0 Å². The Labute approximate surface area is 167 Å². The number of aryl methyl sites for hydroxylation is 1. The molecule has 1 aliphatic carbocycles. The maximum Gasteiger partial charge on any atom is 0.198 e. The van der Waals surface area contributed by atoms with E-state index in [1.807, 2.05) is 11.3 Å². The fourth-order valence-corrected chi connectivity index (χ4v) is 5.77. The summed E-state index contributed by atoms with van der Waals surface area (Å²) < 4.78 is 7.77. The molecular formula is C21H23BrN2OS. The summed E-state index contributed by atoms with van der Waals surface area (Å²) in [5.74, 6) is 1.82. The Morgan fingerprint density at radius 3 is 2.77 bits per heavy atom. The molecule has 0 unspecified atom stereocenters. The molecule has 0 radical (unpaired) electrons. The summed E-state index contributed by atoms with van der Waals surface area (Å²) in [4.78, 5) is 2.64. The number of fused-ring (bicyclic) bond motifs is 4. The van der Waals surface area contributed by atoms with Crippen molar-refractivity contribution in [2.45, 2.75) is 57.7 Å². The number of hydrogen-bond donors (Lipinski definition) is 0. The van der Waals surface area contributed by atoms with Gasteiger partial charge in [-0.3, -0.25) is 0 Å². The molecule has 0 amide bonds. The summed E-state index contributed by atoms with van der Waals surface area (Å²) in [5.41, 5.74) is 2.20. The summed E-state index contributed by atoms with van der Waals surface area (Å²) in [6.07, 6.45) is 5.49. The molecule has 136 valence electrons. The first-order valence-corrected chi connectivity index (χ1v) is 11.1. The van der Waals surface area contributed by atoms with Crippen molar-refractivity contribution >= 4 is 33.0 Å². The lowest BCUT2D eigenvalue weighted by Crippen LogP contribution is -2.55. The van der Waals surface area contributed by atoms with E-state index >= 15 is 0 Å². The van der Waals surface area contributed by atoms with E-state index in [0.717, 1.165) is 35.4 Å². The van der Waals surface area contributed by atoms with Crippen molar-refractivity contribution in [3.8, 4) is 5.75 Å². The number of benzene rings is 1. The zero-order valence-corrected chi connectivity index (χ0v) is 17.6. The molecule has 3 heterocycles. The average molecular weight is 431 g/mol. The normalized spacial score (nSPS) is 30.0. The predicted molar refractivity (Wildman–Crippen MR) is 110 cm³/mol. The monoisotopic (exact) mass is 430 g/mol. The van der Waals surface area contributed by atoms with Gasteiger partial charge in [-0.25, -0.2) is 5.01 Å². The minimum atomic E-state index is -0.272. The van der Waals surface area contributed by atoms with Gasteiger partial charge in [0.1, 0.15) is 5.75 Å². The van der Waals surface area contributed by atoms with Crippen molar-refractivity contribution in [3.63, 3.8) is 0 Å². The number of nitrogens with zero attached hydrogens (tertiary/aromatic N) is 2. The molecule has 3 aliphatic rings. The van der Waals surface area contributed by atoms with Crippen molar-refractivity contribution in [2.24, 2.45) is 11.0 Å². The first-order valence-electron chi connectivity index (χ1n) is 9.46. The predicted octanol–water partition coefficient (Wildman–Crippen LogP) is 6.27. The molecule has 0 N–H and O–H groups in total. The van der Waals surface area contributed by atoms with E-state index in [1.165, 1.54) is 33.9 Å². The Hall–Kier alpha value is -1.33. The van der Waals surface area contributed by atoms with Crippen LogP contribution in [0.2, 0.25) is 0 Å². The van der Waals surface area contributed by atoms with E-state index in [-0.39, 0.29) is 11.8 Å². The van der Waals surface area contributed by atoms with Gasteiger partial charge in [-0.05, 0) is 56.0 Å². The molecule has 0 saturated heterocycles. The van der Waals surface area contributed by atoms with Crippen LogP contribution < -0.4 is 4.74 Å². The summed E-state index contributed by atoms with van der Waals surface area (Å²) in [6.45, 7) is 4.52. The Balaban J connectivity index is 1.59. The Morgan fingerprint density at radius 1 is 1.23 bits per heavy atom. The van der Waals surface area contributed by atoms with Gasteiger partial charge in [-0.1, -0.05) is 22.9 Å². The lowest BCUT2D eigenvalue weighted by molar-refractivity contribution is -0.145. The van der Waals surface area contributed by atoms with Crippen LogP contribution in [0.25, 0.3) is 0 Å². The van der Waals surface area contributed by atoms with Crippen molar-refractivity contribution in [2.75, 3.05) is 0 Å². The number of rotatable bonds is 1. The summed E-state index contributed by atoms with van der Waals surface area (Å²) in [7, 11) is 0. The molecule has 1 saturated carbocycles. The average Bonchev–Trinajstić information content (AvgIpc) is 3.25. The highest BCUT2D eigenvalue weighted by Gasteiger charge is 2.51. The number of hydrazone groups is 1. The van der Waals surface area contributed by atoms with Gasteiger partial charge in [-0.2, -0.15) is 5.10 Å². The zero-order valence-electron chi connectivity index (χ0n) is 15.2. The first-order chi connectivity index (χ1) is 12.5. The summed E-state index contributed by atoms with van der Waals surface area (Å²) in [5, 5.41) is 7.46. The smallest absolute Gasteiger partial charge is 0.198 e. The van der Waals surface area contributed by atoms with Crippen molar-refractivity contribution in [1.29, 1.82) is 0 Å². The van der Waals surface area contributed by atoms with Crippen molar-refractivity contribution < 1.29 is 4.74 Å². The highest BCUT2D eigenvalue weighted by molar-refractivity contribution is 9.10. The van der Waals surface area contributed by atoms with Crippen LogP contribution in [0, 0.1) is 12.8 Å². The van der Waals surface area contributed by atoms with Crippen LogP contribution in [-0.4, -0.2) is 16.4 Å². The lowest BCUT2D eigenvalue weighted by atomic mass is 9.82. The van der Waals surface area contributed by atoms with Crippen LogP contribution >= 0.6 is 27.3 Å². The molecule has 26 heavy (non-hydrogen) atoms. The molecule has 1 spiro atoms. The maximum absolute atomic E-state index is 6.67. The summed E-state index contributed by atoms with van der Waals surface area (Å²) in [6, 6.07) is 11.1. The van der Waals surface area contributed by atoms with E-state index in [9.17, 15) is 0 Å². The highest BCUT2D eigenvalue weighted by atomic mass is 79.9. The Kier molecular flexibility index (Phi) is 3.94. The fourth-order valence-electron chi connectivity index (χ4n) is 4.53. The molecule has 5 rings (SSSR count). The van der Waals surface area contributed by atoms with Crippen LogP contribution in [0.15, 0.2) is 39.9 Å². The molecule has 0 bridgehead atoms. The highest BCUT2D eigenvalue weighted by Crippen LogP contribution is 2.52. The third-order valence-electron chi connectivity index (χ3n) is 6.04. The van der Waals surface area contributed by atoms with E-state index in [1.54, 1.807) is 0 Å². The largest absolute Gasteiger partial charge is 0.466 e. The van der Waals surface area contributed by atoms with Gasteiger partial charge in [0.05, 0.1) is 16.6 Å². The topological polar surface area (TPSA) is 24.8 Å². The first kappa shape index (κ1) is 16.8. The van der Waals surface area contributed by atoms with Crippen LogP contribution in [0.3, 0.4) is 0 Å². The Bertz CT molecular complexity index is 882. The number of hydrogen-bond acceptors (Lipinski definition) is 4. The van der Waals surface area contributed by atoms with Gasteiger partial charge in [0.25, 0.3) is 0 Å². The minimum absolute atomic E-state index is 0.272. The van der Waals surface area contributed by atoms with E-state index < -0.39 is 0 Å². The standard InChI is InChI=1S/C21H23BrN2OS/c1-13-7-9-21(10-8-13)24-18(16-11-15(22)4-5-19(16)25-21)12-17(23-24)20-6-3-14(2)26-20/h3-6,11,13,18H,7-10,12H2,1-2H3/t13?,18-,21?/m1/s1. The summed E-state index contributed by atoms with van der Waals surface area (Å²) >= 11 is 5.48. The van der Waals surface area contributed by atoms with E-state index in [2.05, 4.69) is 65.1 Å². The second kappa shape index (κ2) is 6.10. The Morgan fingerprint density at radius 2 is 2.04 bits per heavy atom. The molecule has 1 fully saturated rings. The third-order valence-corrected chi connectivity index (χ3v) is 7.58.